The summed E-state index contributed by atoms with van der Waals surface area (Å²) in [5.74, 6) is -3.33. The summed E-state index contributed by atoms with van der Waals surface area (Å²) in [6, 6.07) is 11.4. The van der Waals surface area contributed by atoms with Crippen LogP contribution in [0.1, 0.15) is 25.0 Å². The molecule has 6 rings (SSSR count). The second kappa shape index (κ2) is 7.20. The molecule has 0 amide bonds. The van der Waals surface area contributed by atoms with Crippen LogP contribution in [0.4, 0.5) is 17.6 Å². The molecule has 0 nitrogen and oxygen atoms in total. The van der Waals surface area contributed by atoms with E-state index in [9.17, 15) is 0 Å². The molecule has 0 saturated carbocycles. The normalized spacial score (nSPS) is 12.3. The number of benzene rings is 4. The van der Waals surface area contributed by atoms with Gasteiger partial charge in [0.25, 0.3) is 0 Å². The van der Waals surface area contributed by atoms with Crippen molar-refractivity contribution in [3.63, 3.8) is 0 Å². The summed E-state index contributed by atoms with van der Waals surface area (Å²) in [5.41, 5.74) is 2.00. The first-order valence-electron chi connectivity index (χ1n) is 10.4. The maximum absolute atomic E-state index is 15.9. The van der Waals surface area contributed by atoms with Crippen LogP contribution in [0.3, 0.4) is 0 Å². The van der Waals surface area contributed by atoms with Gasteiger partial charge in [0.2, 0.25) is 0 Å². The second-order valence-electron chi connectivity index (χ2n) is 7.99. The summed E-state index contributed by atoms with van der Waals surface area (Å²) in [6.07, 6.45) is 1.51. The Morgan fingerprint density at radius 2 is 0.969 bits per heavy atom. The van der Waals surface area contributed by atoms with Crippen molar-refractivity contribution in [2.45, 2.75) is 26.7 Å². The van der Waals surface area contributed by atoms with Crippen LogP contribution >= 0.6 is 0 Å². The first kappa shape index (κ1) is 20.5. The van der Waals surface area contributed by atoms with Gasteiger partial charge in [-0.1, -0.05) is 0 Å². The molecule has 2 aromatic heterocycles. The van der Waals surface area contributed by atoms with Crippen LogP contribution in [-0.2, 0) is 12.8 Å². The minimum absolute atomic E-state index is 0.106. The molecule has 32 heavy (non-hydrogen) atoms. The molecule has 0 N–H and O–H groups in total. The fourth-order valence-electron chi connectivity index (χ4n) is 4.58. The topological polar surface area (TPSA) is 0 Å². The molecule has 0 aliphatic carbocycles. The Balaban J connectivity index is 1.87. The predicted octanol–water partition coefficient (Wildman–Crippen LogP) is 7.25. The van der Waals surface area contributed by atoms with Crippen LogP contribution in [0.25, 0.3) is 49.4 Å². The van der Waals surface area contributed by atoms with Gasteiger partial charge in [0.15, 0.2) is 0 Å². The summed E-state index contributed by atoms with van der Waals surface area (Å²) in [6.45, 7) is 3.98. The van der Waals surface area contributed by atoms with Crippen LogP contribution in [0.15, 0.2) is 36.4 Å². The maximum atomic E-state index is 15.9. The zero-order valence-corrected chi connectivity index (χ0v) is 20.6. The Bertz CT molecular complexity index is 1610. The van der Waals surface area contributed by atoms with Gasteiger partial charge in [0.1, 0.15) is 0 Å². The molecule has 0 radical (unpaired) electrons. The van der Waals surface area contributed by atoms with Gasteiger partial charge >= 0.3 is 193 Å². The molecule has 160 valence electrons. The van der Waals surface area contributed by atoms with Crippen LogP contribution in [0.5, 0.6) is 0 Å². The van der Waals surface area contributed by atoms with E-state index in [0.29, 0.717) is 10.8 Å². The summed E-state index contributed by atoms with van der Waals surface area (Å²) in [4.78, 5) is 0. The average molecular weight is 562 g/mol. The van der Waals surface area contributed by atoms with E-state index in [1.54, 1.807) is 0 Å². The van der Waals surface area contributed by atoms with Crippen LogP contribution in [0, 0.1) is 23.3 Å². The predicted molar refractivity (Wildman–Crippen MR) is 126 cm³/mol. The third-order valence-corrected chi connectivity index (χ3v) is 11.2. The van der Waals surface area contributed by atoms with E-state index in [2.05, 4.69) is 0 Å². The van der Waals surface area contributed by atoms with Gasteiger partial charge in [0, 0.05) is 0 Å². The molecule has 0 aliphatic rings. The zero-order valence-electron chi connectivity index (χ0n) is 17.2. The third-order valence-electron chi connectivity index (χ3n) is 6.29. The van der Waals surface area contributed by atoms with Gasteiger partial charge in [-0.05, 0) is 0 Å². The van der Waals surface area contributed by atoms with E-state index in [1.807, 2.05) is 50.2 Å². The van der Waals surface area contributed by atoms with Crippen LogP contribution in [-0.4, -0.2) is 29.0 Å². The van der Waals surface area contributed by atoms with Gasteiger partial charge in [-0.2, -0.15) is 0 Å². The SMILES string of the molecule is CCc1ccc2[se]c3c(F)c4c(F)c5c([se]c6ccc(CC)cc65)c(F)c4c(F)c3c2c1. The van der Waals surface area contributed by atoms with E-state index in [-0.39, 0.29) is 19.3 Å². The van der Waals surface area contributed by atoms with Crippen LogP contribution < -0.4 is 0 Å². The van der Waals surface area contributed by atoms with Crippen molar-refractivity contribution in [3.8, 4) is 0 Å². The summed E-state index contributed by atoms with van der Waals surface area (Å²) >= 11 is -1.01. The van der Waals surface area contributed by atoms with Crippen molar-refractivity contribution in [3.05, 3.63) is 70.8 Å². The molecule has 6 heteroatoms. The quantitative estimate of drug-likeness (QED) is 0.154. The van der Waals surface area contributed by atoms with Crippen molar-refractivity contribution in [2.75, 3.05) is 0 Å². The third kappa shape index (κ3) is 2.61. The molecule has 0 atom stereocenters. The van der Waals surface area contributed by atoms with E-state index in [4.69, 9.17) is 0 Å². The van der Waals surface area contributed by atoms with Gasteiger partial charge < -0.3 is 0 Å². The van der Waals surface area contributed by atoms with E-state index >= 15 is 17.6 Å². The molecule has 0 spiro atoms. The number of fused-ring (bicyclic) bond motifs is 7. The number of halogens is 4. The standard InChI is InChI=1S/C26H16F4Se2/c1-3-11-5-7-15-13(9-11)17-21(27)19-20(23(29)25(17)31-15)22(28)18-14-10-12(4-2)6-8-16(14)32-26(18)24(19)30/h5-10H,3-4H2,1-2H3. The fourth-order valence-corrected chi connectivity index (χ4v) is 9.28. The molecule has 2 heterocycles. The summed E-state index contributed by atoms with van der Waals surface area (Å²) in [7, 11) is 0. The van der Waals surface area contributed by atoms with Crippen LogP contribution in [0.2, 0.25) is 0 Å². The van der Waals surface area contributed by atoms with Crippen molar-refractivity contribution in [2.24, 2.45) is 0 Å². The zero-order chi connectivity index (χ0) is 22.3. The molecule has 0 bridgehead atoms. The van der Waals surface area contributed by atoms with Gasteiger partial charge in [-0.15, -0.1) is 0 Å². The van der Waals surface area contributed by atoms with E-state index < -0.39 is 63.0 Å². The molecule has 0 saturated heterocycles. The monoisotopic (exact) mass is 564 g/mol. The Kier molecular flexibility index (Phi) is 4.61. The molecule has 4 aromatic carbocycles. The molecular weight excluding hydrogens is 546 g/mol. The molecule has 6 aromatic rings. The number of hydrogen-bond donors (Lipinski definition) is 0. The Labute approximate surface area is 192 Å². The number of rotatable bonds is 2. The van der Waals surface area contributed by atoms with Crippen molar-refractivity contribution >= 4 is 78.4 Å². The second-order valence-corrected chi connectivity index (χ2v) is 12.4. The van der Waals surface area contributed by atoms with E-state index in [0.717, 1.165) is 32.5 Å². The Morgan fingerprint density at radius 3 is 1.34 bits per heavy atom. The van der Waals surface area contributed by atoms with Crippen molar-refractivity contribution in [1.82, 2.24) is 0 Å². The first-order valence-corrected chi connectivity index (χ1v) is 13.8. The summed E-state index contributed by atoms with van der Waals surface area (Å²) in [5, 5.41) is 0.338. The number of hydrogen-bond acceptors (Lipinski definition) is 0. The molecule has 0 unspecified atom stereocenters. The molecule has 0 aliphatic heterocycles. The molecular formula is C26H16F4Se2. The fraction of sp³-hybridized carbons (Fsp3) is 0.154. The van der Waals surface area contributed by atoms with Gasteiger partial charge in [0.05, 0.1) is 0 Å². The van der Waals surface area contributed by atoms with Gasteiger partial charge in [-0.25, -0.2) is 0 Å². The average Bonchev–Trinajstić information content (AvgIpc) is 3.38. The first-order chi connectivity index (χ1) is 15.4. The van der Waals surface area contributed by atoms with E-state index in [1.165, 1.54) is 0 Å². The molecule has 0 fully saturated rings. The Morgan fingerprint density at radius 1 is 0.562 bits per heavy atom. The van der Waals surface area contributed by atoms with Crippen molar-refractivity contribution in [1.29, 1.82) is 0 Å². The van der Waals surface area contributed by atoms with Gasteiger partial charge in [-0.3, -0.25) is 0 Å². The Hall–Kier alpha value is -2.10. The minimum atomic E-state index is -0.842. The number of aryl methyl sites for hydroxylation is 2. The summed E-state index contributed by atoms with van der Waals surface area (Å²) < 4.78 is 65.3. The van der Waals surface area contributed by atoms with Crippen molar-refractivity contribution < 1.29 is 17.6 Å².